The van der Waals surface area contributed by atoms with Crippen LogP contribution in [0.1, 0.15) is 25.3 Å². The fourth-order valence-corrected chi connectivity index (χ4v) is 1.68. The Morgan fingerprint density at radius 3 is 2.06 bits per heavy atom. The monoisotopic (exact) mass is 248 g/mol. The van der Waals surface area contributed by atoms with Gasteiger partial charge in [-0.05, 0) is 41.8 Å². The lowest BCUT2D eigenvalue weighted by molar-refractivity contribution is 0.473. The highest BCUT2D eigenvalue weighted by molar-refractivity contribution is 5.35. The van der Waals surface area contributed by atoms with Crippen LogP contribution in [0.5, 0.6) is 11.5 Å². The van der Waals surface area contributed by atoms with Crippen molar-refractivity contribution in [3.8, 4) is 11.5 Å². The van der Waals surface area contributed by atoms with Crippen LogP contribution in [0.3, 0.4) is 0 Å². The molecule has 0 saturated carbocycles. The minimum atomic E-state index is -0.330. The molecular weight excluding hydrogens is 234 g/mol. The van der Waals surface area contributed by atoms with E-state index in [1.165, 1.54) is 30.3 Å². The van der Waals surface area contributed by atoms with Gasteiger partial charge in [0.05, 0.1) is 0 Å². The van der Waals surface area contributed by atoms with Gasteiger partial charge in [-0.15, -0.1) is 0 Å². The smallest absolute Gasteiger partial charge is 0.130 e. The standard InChI is InChI=1S/C15H14F2O/c1-10(2)14-8-7-13(9-15(14)17)18-12-5-3-11(16)4-6-12/h3-10H,1-2H3. The number of benzene rings is 2. The van der Waals surface area contributed by atoms with Crippen molar-refractivity contribution in [3.63, 3.8) is 0 Å². The summed E-state index contributed by atoms with van der Waals surface area (Å²) in [7, 11) is 0. The first-order chi connectivity index (χ1) is 8.56. The number of hydrogen-bond acceptors (Lipinski definition) is 1. The fourth-order valence-electron chi connectivity index (χ4n) is 1.68. The molecule has 2 rings (SSSR count). The van der Waals surface area contributed by atoms with Crippen molar-refractivity contribution in [1.29, 1.82) is 0 Å². The van der Waals surface area contributed by atoms with Gasteiger partial charge in [0.25, 0.3) is 0 Å². The average molecular weight is 248 g/mol. The third-order valence-electron chi connectivity index (χ3n) is 2.64. The Hall–Kier alpha value is -1.90. The van der Waals surface area contributed by atoms with Gasteiger partial charge in [-0.3, -0.25) is 0 Å². The van der Waals surface area contributed by atoms with Gasteiger partial charge in [0.1, 0.15) is 23.1 Å². The summed E-state index contributed by atoms with van der Waals surface area (Å²) in [5.74, 6) is 0.398. The summed E-state index contributed by atoms with van der Waals surface area (Å²) in [6, 6.07) is 10.4. The topological polar surface area (TPSA) is 9.23 Å². The molecule has 3 heteroatoms. The first-order valence-electron chi connectivity index (χ1n) is 5.79. The Balaban J connectivity index is 2.20. The maximum Gasteiger partial charge on any atom is 0.130 e. The summed E-state index contributed by atoms with van der Waals surface area (Å²) in [6.45, 7) is 3.86. The predicted octanol–water partition coefficient (Wildman–Crippen LogP) is 4.88. The fraction of sp³-hybridized carbons (Fsp3) is 0.200. The van der Waals surface area contributed by atoms with Gasteiger partial charge in [0, 0.05) is 6.07 Å². The quantitative estimate of drug-likeness (QED) is 0.752. The van der Waals surface area contributed by atoms with Gasteiger partial charge in [-0.1, -0.05) is 19.9 Å². The third-order valence-corrected chi connectivity index (χ3v) is 2.64. The van der Waals surface area contributed by atoms with Gasteiger partial charge in [0.2, 0.25) is 0 Å². The van der Waals surface area contributed by atoms with Crippen LogP contribution in [0.2, 0.25) is 0 Å². The highest BCUT2D eigenvalue weighted by atomic mass is 19.1. The SMILES string of the molecule is CC(C)c1ccc(Oc2ccc(F)cc2)cc1F. The molecule has 0 atom stereocenters. The number of hydrogen-bond donors (Lipinski definition) is 0. The van der Waals surface area contributed by atoms with Gasteiger partial charge in [-0.2, -0.15) is 0 Å². The van der Waals surface area contributed by atoms with E-state index in [4.69, 9.17) is 4.74 Å². The summed E-state index contributed by atoms with van der Waals surface area (Å²) in [4.78, 5) is 0. The molecule has 0 aromatic heterocycles. The number of rotatable bonds is 3. The van der Waals surface area contributed by atoms with E-state index in [1.807, 2.05) is 13.8 Å². The first-order valence-corrected chi connectivity index (χ1v) is 5.79. The van der Waals surface area contributed by atoms with Crippen molar-refractivity contribution in [3.05, 3.63) is 59.7 Å². The molecule has 0 unspecified atom stereocenters. The van der Waals surface area contributed by atoms with Crippen LogP contribution < -0.4 is 4.74 Å². The van der Waals surface area contributed by atoms with E-state index >= 15 is 0 Å². The molecule has 0 fully saturated rings. The van der Waals surface area contributed by atoms with E-state index in [9.17, 15) is 8.78 Å². The van der Waals surface area contributed by atoms with E-state index in [-0.39, 0.29) is 17.6 Å². The summed E-state index contributed by atoms with van der Waals surface area (Å²) in [5, 5.41) is 0. The minimum absolute atomic E-state index is 0.130. The zero-order chi connectivity index (χ0) is 13.1. The van der Waals surface area contributed by atoms with Crippen molar-refractivity contribution in [1.82, 2.24) is 0 Å². The molecule has 2 aromatic rings. The van der Waals surface area contributed by atoms with Crippen molar-refractivity contribution in [2.24, 2.45) is 0 Å². The van der Waals surface area contributed by atoms with Gasteiger partial charge in [-0.25, -0.2) is 8.78 Å². The Morgan fingerprint density at radius 2 is 1.50 bits per heavy atom. The maximum absolute atomic E-state index is 13.7. The minimum Gasteiger partial charge on any atom is -0.457 e. The molecule has 0 aliphatic carbocycles. The van der Waals surface area contributed by atoms with Crippen molar-refractivity contribution < 1.29 is 13.5 Å². The molecule has 0 saturated heterocycles. The second-order valence-electron chi connectivity index (χ2n) is 4.39. The first kappa shape index (κ1) is 12.6. The second kappa shape index (κ2) is 5.17. The van der Waals surface area contributed by atoms with Crippen LogP contribution in [0.4, 0.5) is 8.78 Å². The second-order valence-corrected chi connectivity index (χ2v) is 4.39. The molecule has 1 nitrogen and oxygen atoms in total. The Labute approximate surface area is 105 Å². The molecule has 0 aliphatic rings. The largest absolute Gasteiger partial charge is 0.457 e. The Bertz CT molecular complexity index is 533. The normalized spacial score (nSPS) is 10.7. The molecule has 0 spiro atoms. The predicted molar refractivity (Wildman–Crippen MR) is 67.0 cm³/mol. The van der Waals surface area contributed by atoms with Gasteiger partial charge in [0.15, 0.2) is 0 Å². The summed E-state index contributed by atoms with van der Waals surface area (Å²) >= 11 is 0. The lowest BCUT2D eigenvalue weighted by Crippen LogP contribution is -1.94. The molecule has 0 bridgehead atoms. The van der Waals surface area contributed by atoms with Crippen LogP contribution in [0.15, 0.2) is 42.5 Å². The van der Waals surface area contributed by atoms with Crippen molar-refractivity contribution in [2.75, 3.05) is 0 Å². The Morgan fingerprint density at radius 1 is 0.889 bits per heavy atom. The summed E-state index contributed by atoms with van der Waals surface area (Å²) in [6.07, 6.45) is 0. The van der Waals surface area contributed by atoms with Crippen LogP contribution in [-0.4, -0.2) is 0 Å². The number of halogens is 2. The highest BCUT2D eigenvalue weighted by Gasteiger charge is 2.08. The molecule has 94 valence electrons. The molecule has 0 heterocycles. The lowest BCUT2D eigenvalue weighted by atomic mass is 10.0. The lowest BCUT2D eigenvalue weighted by Gasteiger charge is -2.10. The van der Waals surface area contributed by atoms with Gasteiger partial charge < -0.3 is 4.74 Å². The average Bonchev–Trinajstić information content (AvgIpc) is 2.32. The Kier molecular flexibility index (Phi) is 3.60. The van der Waals surface area contributed by atoms with E-state index in [0.29, 0.717) is 17.1 Å². The summed E-state index contributed by atoms with van der Waals surface area (Å²) in [5.41, 5.74) is 0.654. The zero-order valence-corrected chi connectivity index (χ0v) is 10.3. The van der Waals surface area contributed by atoms with E-state index in [2.05, 4.69) is 0 Å². The third kappa shape index (κ3) is 2.86. The van der Waals surface area contributed by atoms with Crippen LogP contribution in [-0.2, 0) is 0 Å². The number of ether oxygens (including phenoxy) is 1. The maximum atomic E-state index is 13.7. The van der Waals surface area contributed by atoms with E-state index in [1.54, 1.807) is 12.1 Å². The molecule has 0 amide bonds. The van der Waals surface area contributed by atoms with E-state index in [0.717, 1.165) is 0 Å². The molecule has 18 heavy (non-hydrogen) atoms. The van der Waals surface area contributed by atoms with Crippen molar-refractivity contribution in [2.45, 2.75) is 19.8 Å². The van der Waals surface area contributed by atoms with Crippen LogP contribution in [0, 0.1) is 11.6 Å². The van der Waals surface area contributed by atoms with E-state index < -0.39 is 0 Å². The van der Waals surface area contributed by atoms with Crippen molar-refractivity contribution >= 4 is 0 Å². The molecule has 0 aliphatic heterocycles. The van der Waals surface area contributed by atoms with Crippen LogP contribution in [0.25, 0.3) is 0 Å². The zero-order valence-electron chi connectivity index (χ0n) is 10.3. The van der Waals surface area contributed by atoms with Gasteiger partial charge >= 0.3 is 0 Å². The molecule has 0 N–H and O–H groups in total. The summed E-state index contributed by atoms with van der Waals surface area (Å²) < 4.78 is 31.9. The molecule has 2 aromatic carbocycles. The van der Waals surface area contributed by atoms with Crippen LogP contribution >= 0.6 is 0 Å². The molecular formula is C15H14F2O. The molecule has 0 radical (unpaired) electrons. The highest BCUT2D eigenvalue weighted by Crippen LogP contribution is 2.26.